The zero-order valence-corrected chi connectivity index (χ0v) is 10.2. The van der Waals surface area contributed by atoms with E-state index in [0.29, 0.717) is 18.0 Å². The molecule has 1 aromatic rings. The van der Waals surface area contributed by atoms with Gasteiger partial charge in [-0.3, -0.25) is 0 Å². The van der Waals surface area contributed by atoms with Gasteiger partial charge in [-0.1, -0.05) is 0 Å². The first-order valence-electron chi connectivity index (χ1n) is 5.48. The molecule has 18 heavy (non-hydrogen) atoms. The molecule has 0 bridgehead atoms. The molecule has 0 aliphatic rings. The topological polar surface area (TPSA) is 91.0 Å². The van der Waals surface area contributed by atoms with Gasteiger partial charge in [0.15, 0.2) is 0 Å². The monoisotopic (exact) mass is 255 g/mol. The zero-order valence-electron chi connectivity index (χ0n) is 10.2. The number of nitrogens with two attached hydrogens (primary N) is 1. The first-order valence-corrected chi connectivity index (χ1v) is 5.48. The van der Waals surface area contributed by atoms with Crippen LogP contribution in [-0.4, -0.2) is 44.6 Å². The smallest absolute Gasteiger partial charge is 0.341 e. The second kappa shape index (κ2) is 7.52. The summed E-state index contributed by atoms with van der Waals surface area (Å²) in [6, 6.07) is 4.74. The lowest BCUT2D eigenvalue weighted by atomic mass is 10.2. The number of hydrogen-bond acceptors (Lipinski definition) is 6. The second-order valence-corrected chi connectivity index (χ2v) is 3.43. The number of benzene rings is 1. The van der Waals surface area contributed by atoms with E-state index in [0.717, 1.165) is 0 Å². The molecule has 0 saturated heterocycles. The van der Waals surface area contributed by atoms with Crippen LogP contribution in [0.5, 0.6) is 5.75 Å². The normalized spacial score (nSPS) is 10.1. The van der Waals surface area contributed by atoms with Crippen LogP contribution < -0.4 is 10.5 Å². The van der Waals surface area contributed by atoms with Gasteiger partial charge in [0.1, 0.15) is 17.9 Å². The molecule has 0 unspecified atom stereocenters. The van der Waals surface area contributed by atoms with Gasteiger partial charge in [-0.2, -0.15) is 0 Å². The van der Waals surface area contributed by atoms with E-state index in [4.69, 9.17) is 20.3 Å². The summed E-state index contributed by atoms with van der Waals surface area (Å²) in [7, 11) is 1.29. The van der Waals surface area contributed by atoms with Crippen molar-refractivity contribution in [3.05, 3.63) is 23.8 Å². The van der Waals surface area contributed by atoms with Crippen LogP contribution in [0.4, 0.5) is 5.69 Å². The largest absolute Gasteiger partial charge is 0.490 e. The molecule has 1 aromatic carbocycles. The average Bonchev–Trinajstić information content (AvgIpc) is 2.39. The number of ether oxygens (including phenoxy) is 3. The quantitative estimate of drug-likeness (QED) is 0.417. The Balaban J connectivity index is 2.61. The number of nitrogen functional groups attached to an aromatic ring is 1. The fourth-order valence-electron chi connectivity index (χ4n) is 1.32. The summed E-state index contributed by atoms with van der Waals surface area (Å²) < 4.78 is 15.1. The lowest BCUT2D eigenvalue weighted by Crippen LogP contribution is -2.12. The van der Waals surface area contributed by atoms with Crippen molar-refractivity contribution in [2.75, 3.05) is 39.3 Å². The molecule has 1 rings (SSSR count). The van der Waals surface area contributed by atoms with Crippen molar-refractivity contribution in [2.24, 2.45) is 0 Å². The molecule has 0 saturated carbocycles. The van der Waals surface area contributed by atoms with Crippen LogP contribution in [0.3, 0.4) is 0 Å². The Labute approximate surface area is 105 Å². The van der Waals surface area contributed by atoms with Crippen molar-refractivity contribution < 1.29 is 24.1 Å². The van der Waals surface area contributed by atoms with Crippen LogP contribution in [0.1, 0.15) is 10.4 Å². The van der Waals surface area contributed by atoms with Gasteiger partial charge in [0.2, 0.25) is 0 Å². The van der Waals surface area contributed by atoms with Gasteiger partial charge in [-0.25, -0.2) is 4.79 Å². The minimum atomic E-state index is -0.506. The maximum absolute atomic E-state index is 11.5. The minimum Gasteiger partial charge on any atom is -0.490 e. The SMILES string of the molecule is COC(=O)c1cc(N)ccc1OCCOCCO. The van der Waals surface area contributed by atoms with Crippen molar-refractivity contribution in [3.8, 4) is 5.75 Å². The Hall–Kier alpha value is -1.79. The van der Waals surface area contributed by atoms with Crippen molar-refractivity contribution in [1.82, 2.24) is 0 Å². The lowest BCUT2D eigenvalue weighted by molar-refractivity contribution is 0.0582. The molecule has 0 aromatic heterocycles. The predicted molar refractivity (Wildman–Crippen MR) is 65.6 cm³/mol. The molecule has 0 fully saturated rings. The Morgan fingerprint density at radius 3 is 2.78 bits per heavy atom. The fraction of sp³-hybridized carbons (Fsp3) is 0.417. The van der Waals surface area contributed by atoms with Crippen LogP contribution in [-0.2, 0) is 9.47 Å². The lowest BCUT2D eigenvalue weighted by Gasteiger charge is -2.11. The number of rotatable bonds is 7. The molecule has 0 aliphatic carbocycles. The van der Waals surface area contributed by atoms with Crippen molar-refractivity contribution in [1.29, 1.82) is 0 Å². The Morgan fingerprint density at radius 1 is 1.33 bits per heavy atom. The second-order valence-electron chi connectivity index (χ2n) is 3.43. The zero-order chi connectivity index (χ0) is 13.4. The van der Waals surface area contributed by atoms with E-state index in [9.17, 15) is 4.79 Å². The van der Waals surface area contributed by atoms with Gasteiger partial charge in [-0.15, -0.1) is 0 Å². The highest BCUT2D eigenvalue weighted by atomic mass is 16.5. The van der Waals surface area contributed by atoms with E-state index >= 15 is 0 Å². The molecule has 6 nitrogen and oxygen atoms in total. The standard InChI is InChI=1S/C12H17NO5/c1-16-12(15)10-8-9(13)2-3-11(10)18-7-6-17-5-4-14/h2-3,8,14H,4-7,13H2,1H3. The maximum Gasteiger partial charge on any atom is 0.341 e. The fourth-order valence-corrected chi connectivity index (χ4v) is 1.32. The average molecular weight is 255 g/mol. The van der Waals surface area contributed by atoms with Crippen LogP contribution in [0, 0.1) is 0 Å². The van der Waals surface area contributed by atoms with E-state index in [1.807, 2.05) is 0 Å². The molecule has 0 spiro atoms. The summed E-state index contributed by atoms with van der Waals surface area (Å²) in [6.45, 7) is 0.823. The predicted octanol–water partition coefficient (Wildman–Crippen LogP) is 0.443. The molecular formula is C12H17NO5. The number of carbonyl (C=O) groups is 1. The Kier molecular flexibility index (Phi) is 5.96. The van der Waals surface area contributed by atoms with Gasteiger partial charge >= 0.3 is 5.97 Å². The van der Waals surface area contributed by atoms with Gasteiger partial charge < -0.3 is 25.1 Å². The molecule has 6 heteroatoms. The summed E-state index contributed by atoms with van der Waals surface area (Å²) >= 11 is 0. The molecule has 0 amide bonds. The van der Waals surface area contributed by atoms with Crippen LogP contribution in [0.25, 0.3) is 0 Å². The van der Waals surface area contributed by atoms with Crippen molar-refractivity contribution >= 4 is 11.7 Å². The number of methoxy groups -OCH3 is 1. The van der Waals surface area contributed by atoms with E-state index < -0.39 is 5.97 Å². The first kappa shape index (κ1) is 14.3. The number of esters is 1. The highest BCUT2D eigenvalue weighted by Gasteiger charge is 2.13. The summed E-state index contributed by atoms with van der Waals surface area (Å²) in [5.41, 5.74) is 6.33. The molecule has 0 radical (unpaired) electrons. The van der Waals surface area contributed by atoms with Crippen LogP contribution >= 0.6 is 0 Å². The summed E-state index contributed by atoms with van der Waals surface area (Å²) in [5, 5.41) is 8.52. The van der Waals surface area contributed by atoms with Crippen molar-refractivity contribution in [2.45, 2.75) is 0 Å². The Bertz CT molecular complexity index is 394. The van der Waals surface area contributed by atoms with E-state index in [1.165, 1.54) is 13.2 Å². The molecular weight excluding hydrogens is 238 g/mol. The molecule has 3 N–H and O–H groups in total. The maximum atomic E-state index is 11.5. The molecule has 0 aliphatic heterocycles. The summed E-state index contributed by atoms with van der Waals surface area (Å²) in [4.78, 5) is 11.5. The third-order valence-electron chi connectivity index (χ3n) is 2.13. The van der Waals surface area contributed by atoms with Gasteiger partial charge in [-0.05, 0) is 18.2 Å². The molecule has 0 heterocycles. The van der Waals surface area contributed by atoms with E-state index in [1.54, 1.807) is 12.1 Å². The van der Waals surface area contributed by atoms with E-state index in [-0.39, 0.29) is 25.4 Å². The highest BCUT2D eigenvalue weighted by Crippen LogP contribution is 2.22. The van der Waals surface area contributed by atoms with Gasteiger partial charge in [0.25, 0.3) is 0 Å². The molecule has 100 valence electrons. The highest BCUT2D eigenvalue weighted by molar-refractivity contribution is 5.93. The number of aliphatic hydroxyl groups excluding tert-OH is 1. The number of carbonyl (C=O) groups excluding carboxylic acids is 1. The third-order valence-corrected chi connectivity index (χ3v) is 2.13. The van der Waals surface area contributed by atoms with Crippen molar-refractivity contribution in [3.63, 3.8) is 0 Å². The summed E-state index contributed by atoms with van der Waals surface area (Å²) in [5.74, 6) is -0.114. The minimum absolute atomic E-state index is 0.0325. The summed E-state index contributed by atoms with van der Waals surface area (Å²) in [6.07, 6.45) is 0. The first-order chi connectivity index (χ1) is 8.69. The van der Waals surface area contributed by atoms with Gasteiger partial charge in [0, 0.05) is 5.69 Å². The number of aliphatic hydroxyl groups is 1. The van der Waals surface area contributed by atoms with Crippen LogP contribution in [0.2, 0.25) is 0 Å². The number of anilines is 1. The van der Waals surface area contributed by atoms with E-state index in [2.05, 4.69) is 4.74 Å². The third kappa shape index (κ3) is 4.23. The molecule has 0 atom stereocenters. The number of hydrogen-bond donors (Lipinski definition) is 2. The van der Waals surface area contributed by atoms with Gasteiger partial charge in [0.05, 0.1) is 26.9 Å². The van der Waals surface area contributed by atoms with Crippen LogP contribution in [0.15, 0.2) is 18.2 Å². The Morgan fingerprint density at radius 2 is 2.11 bits per heavy atom.